The maximum Gasteiger partial charge on any atom is 0.255 e. The molecule has 0 fully saturated rings. The first-order valence-corrected chi connectivity index (χ1v) is 6.78. The number of carbonyl (C=O) groups is 1. The van der Waals surface area contributed by atoms with Gasteiger partial charge in [-0.15, -0.1) is 0 Å². The summed E-state index contributed by atoms with van der Waals surface area (Å²) in [5.41, 5.74) is 1.15. The number of hydrogen-bond donors (Lipinski definition) is 3. The summed E-state index contributed by atoms with van der Waals surface area (Å²) < 4.78 is 0. The summed E-state index contributed by atoms with van der Waals surface area (Å²) >= 11 is 0. The molecular weight excluding hydrogens is 280 g/mol. The maximum atomic E-state index is 12.2. The van der Waals surface area contributed by atoms with Gasteiger partial charge in [-0.05, 0) is 18.2 Å². The number of aromatic hydroxyl groups is 2. The third kappa shape index (κ3) is 2.56. The number of carbonyl (C=O) groups excluding carboxylic acids is 1. The third-order valence-corrected chi connectivity index (χ3v) is 3.42. The second kappa shape index (κ2) is 5.73. The molecule has 22 heavy (non-hydrogen) atoms. The van der Waals surface area contributed by atoms with Gasteiger partial charge >= 0.3 is 0 Å². The fourth-order valence-electron chi connectivity index (χ4n) is 2.24. The lowest BCUT2D eigenvalue weighted by Crippen LogP contribution is -2.23. The molecule has 5 nitrogen and oxygen atoms in total. The predicted molar refractivity (Wildman–Crippen MR) is 82.7 cm³/mol. The summed E-state index contributed by atoms with van der Waals surface area (Å²) in [5.74, 6) is -0.451. The van der Waals surface area contributed by atoms with Crippen molar-refractivity contribution < 1.29 is 15.0 Å². The molecule has 110 valence electrons. The van der Waals surface area contributed by atoms with E-state index in [2.05, 4.69) is 10.3 Å². The number of benzene rings is 2. The third-order valence-electron chi connectivity index (χ3n) is 3.42. The molecule has 0 unspecified atom stereocenters. The van der Waals surface area contributed by atoms with Crippen LogP contribution >= 0.6 is 0 Å². The van der Waals surface area contributed by atoms with Gasteiger partial charge in [-0.2, -0.15) is 0 Å². The van der Waals surface area contributed by atoms with E-state index < -0.39 is 5.91 Å². The average Bonchev–Trinajstić information content (AvgIpc) is 2.54. The van der Waals surface area contributed by atoms with E-state index in [0.717, 1.165) is 5.39 Å². The molecule has 3 rings (SSSR count). The molecule has 5 heteroatoms. The Morgan fingerprint density at radius 1 is 1.05 bits per heavy atom. The van der Waals surface area contributed by atoms with E-state index in [0.29, 0.717) is 11.1 Å². The number of nitrogens with one attached hydrogen (secondary N) is 1. The van der Waals surface area contributed by atoms with Gasteiger partial charge in [0.25, 0.3) is 5.91 Å². The zero-order chi connectivity index (χ0) is 15.5. The van der Waals surface area contributed by atoms with Gasteiger partial charge in [-0.25, -0.2) is 0 Å². The van der Waals surface area contributed by atoms with Crippen LogP contribution in [0.1, 0.15) is 15.9 Å². The van der Waals surface area contributed by atoms with Crippen LogP contribution in [0.15, 0.2) is 54.7 Å². The minimum atomic E-state index is -0.423. The number of pyridine rings is 1. The van der Waals surface area contributed by atoms with Crippen molar-refractivity contribution in [2.24, 2.45) is 0 Å². The summed E-state index contributed by atoms with van der Waals surface area (Å²) in [6.07, 6.45) is 1.56. The maximum absolute atomic E-state index is 12.2. The normalized spacial score (nSPS) is 10.5. The highest BCUT2D eigenvalue weighted by Crippen LogP contribution is 2.26. The van der Waals surface area contributed by atoms with E-state index in [9.17, 15) is 15.0 Å². The van der Waals surface area contributed by atoms with Crippen LogP contribution in [0.4, 0.5) is 0 Å². The van der Waals surface area contributed by atoms with E-state index in [4.69, 9.17) is 0 Å². The van der Waals surface area contributed by atoms with Crippen molar-refractivity contribution in [1.82, 2.24) is 10.3 Å². The first-order valence-electron chi connectivity index (χ1n) is 6.78. The van der Waals surface area contributed by atoms with E-state index >= 15 is 0 Å². The van der Waals surface area contributed by atoms with Crippen LogP contribution in [0, 0.1) is 0 Å². The quantitative estimate of drug-likeness (QED) is 0.693. The minimum absolute atomic E-state index is 0.118. The van der Waals surface area contributed by atoms with Crippen LogP contribution in [0.25, 0.3) is 10.9 Å². The predicted octanol–water partition coefficient (Wildman–Crippen LogP) is 2.58. The number of amides is 1. The molecular formula is C17H14N2O3. The molecule has 1 aromatic heterocycles. The van der Waals surface area contributed by atoms with Crippen LogP contribution in [0.2, 0.25) is 0 Å². The lowest BCUT2D eigenvalue weighted by molar-refractivity contribution is 0.0948. The van der Waals surface area contributed by atoms with Crippen molar-refractivity contribution in [2.75, 3.05) is 0 Å². The molecule has 1 amide bonds. The smallest absolute Gasteiger partial charge is 0.255 e. The van der Waals surface area contributed by atoms with Crippen LogP contribution in [-0.2, 0) is 6.54 Å². The summed E-state index contributed by atoms with van der Waals surface area (Å²) in [6, 6.07) is 13.6. The fraction of sp³-hybridized carbons (Fsp3) is 0.0588. The molecule has 0 aliphatic heterocycles. The van der Waals surface area contributed by atoms with Crippen molar-refractivity contribution in [3.8, 4) is 11.5 Å². The van der Waals surface area contributed by atoms with E-state index in [1.165, 1.54) is 0 Å². The summed E-state index contributed by atoms with van der Waals surface area (Å²) in [6.45, 7) is 0.172. The number of phenols is 2. The average molecular weight is 294 g/mol. The molecule has 0 aliphatic rings. The number of phenolic OH excluding ortho intramolecular Hbond substituents is 2. The van der Waals surface area contributed by atoms with Crippen molar-refractivity contribution >= 4 is 16.8 Å². The Hall–Kier alpha value is -3.08. The topological polar surface area (TPSA) is 82.5 Å². The van der Waals surface area contributed by atoms with Gasteiger partial charge in [-0.3, -0.25) is 9.78 Å². The largest absolute Gasteiger partial charge is 0.508 e. The Bertz CT molecular complexity index is 846. The van der Waals surface area contributed by atoms with Crippen LogP contribution in [-0.4, -0.2) is 21.1 Å². The molecule has 1 heterocycles. The molecule has 3 aromatic rings. The standard InChI is InChI=1S/C17H14N2O3/c20-14-6-2-1-4-12(14)10-19-17(22)13-8-7-11-5-3-9-18-15(11)16(13)21/h1-9,20-21H,10H2,(H,19,22). The Balaban J connectivity index is 1.84. The molecule has 0 saturated heterocycles. The van der Waals surface area contributed by atoms with Gasteiger partial charge in [0.2, 0.25) is 0 Å². The Labute approximate surface area is 126 Å². The number of aromatic nitrogens is 1. The Morgan fingerprint density at radius 3 is 2.68 bits per heavy atom. The first kappa shape index (κ1) is 13.9. The molecule has 0 saturated carbocycles. The highest BCUT2D eigenvalue weighted by atomic mass is 16.3. The van der Waals surface area contributed by atoms with Gasteiger partial charge in [0, 0.05) is 23.7 Å². The molecule has 2 aromatic carbocycles. The second-order valence-electron chi connectivity index (χ2n) is 4.85. The molecule has 0 spiro atoms. The van der Waals surface area contributed by atoms with Crippen molar-refractivity contribution in [1.29, 1.82) is 0 Å². The summed E-state index contributed by atoms with van der Waals surface area (Å²) in [7, 11) is 0. The van der Waals surface area contributed by atoms with Gasteiger partial charge in [-0.1, -0.05) is 30.3 Å². The van der Waals surface area contributed by atoms with Crippen molar-refractivity contribution in [3.63, 3.8) is 0 Å². The zero-order valence-electron chi connectivity index (χ0n) is 11.7. The van der Waals surface area contributed by atoms with Gasteiger partial charge in [0.15, 0.2) is 5.75 Å². The van der Waals surface area contributed by atoms with Gasteiger partial charge in [0.1, 0.15) is 11.3 Å². The lowest BCUT2D eigenvalue weighted by Gasteiger charge is -2.09. The van der Waals surface area contributed by atoms with Crippen molar-refractivity contribution in [3.05, 3.63) is 65.9 Å². The molecule has 0 radical (unpaired) electrons. The number of fused-ring (bicyclic) bond motifs is 1. The number of nitrogens with zero attached hydrogens (tertiary/aromatic N) is 1. The lowest BCUT2D eigenvalue weighted by atomic mass is 10.1. The molecule has 3 N–H and O–H groups in total. The SMILES string of the molecule is O=C(NCc1ccccc1O)c1ccc2cccnc2c1O. The highest BCUT2D eigenvalue weighted by Gasteiger charge is 2.14. The summed E-state index contributed by atoms with van der Waals surface area (Å²) in [4.78, 5) is 16.3. The van der Waals surface area contributed by atoms with E-state index in [1.54, 1.807) is 48.7 Å². The van der Waals surface area contributed by atoms with E-state index in [1.807, 2.05) is 6.07 Å². The number of hydrogen-bond acceptors (Lipinski definition) is 4. The monoisotopic (exact) mass is 294 g/mol. The second-order valence-corrected chi connectivity index (χ2v) is 4.85. The van der Waals surface area contributed by atoms with Gasteiger partial charge in [0.05, 0.1) is 5.56 Å². The number of para-hydroxylation sites is 1. The van der Waals surface area contributed by atoms with Crippen LogP contribution in [0.5, 0.6) is 11.5 Å². The highest BCUT2D eigenvalue weighted by molar-refractivity contribution is 6.02. The zero-order valence-corrected chi connectivity index (χ0v) is 11.7. The molecule has 0 atom stereocenters. The number of rotatable bonds is 3. The minimum Gasteiger partial charge on any atom is -0.508 e. The first-order chi connectivity index (χ1) is 10.7. The molecule has 0 bridgehead atoms. The summed E-state index contributed by atoms with van der Waals surface area (Å²) in [5, 5.41) is 23.3. The Morgan fingerprint density at radius 2 is 1.86 bits per heavy atom. The van der Waals surface area contributed by atoms with Crippen LogP contribution < -0.4 is 5.32 Å². The van der Waals surface area contributed by atoms with Crippen molar-refractivity contribution in [2.45, 2.75) is 6.54 Å². The van der Waals surface area contributed by atoms with Crippen LogP contribution in [0.3, 0.4) is 0 Å². The Kier molecular flexibility index (Phi) is 3.62. The van der Waals surface area contributed by atoms with E-state index in [-0.39, 0.29) is 23.6 Å². The fourth-order valence-corrected chi connectivity index (χ4v) is 2.24. The molecule has 0 aliphatic carbocycles. The van der Waals surface area contributed by atoms with Gasteiger partial charge < -0.3 is 15.5 Å².